The smallest absolute Gasteiger partial charge is 0.319 e. The fourth-order valence-corrected chi connectivity index (χ4v) is 1.48. The van der Waals surface area contributed by atoms with Crippen LogP contribution in [0, 0.1) is 17.0 Å². The number of nitro groups is 1. The van der Waals surface area contributed by atoms with Gasteiger partial charge in [0.15, 0.2) is 0 Å². The van der Waals surface area contributed by atoms with Crippen LogP contribution in [0.2, 0.25) is 0 Å². The van der Waals surface area contributed by atoms with Crippen molar-refractivity contribution < 1.29 is 4.92 Å². The van der Waals surface area contributed by atoms with E-state index in [-0.39, 0.29) is 17.3 Å². The third kappa shape index (κ3) is 2.55. The normalized spacial score (nSPS) is 10.0. The second-order valence-corrected chi connectivity index (χ2v) is 3.61. The molecule has 0 bridgehead atoms. The van der Waals surface area contributed by atoms with E-state index in [2.05, 4.69) is 25.7 Å². The Morgan fingerprint density at radius 2 is 2.00 bits per heavy atom. The SMILES string of the molecule is Cc1cccnc1Nc1ncnc(NN)c1[N+](=O)[O-]. The van der Waals surface area contributed by atoms with Gasteiger partial charge in [0, 0.05) is 6.20 Å². The topological polar surface area (TPSA) is 132 Å². The number of hydrogen-bond acceptors (Lipinski definition) is 8. The Hall–Kier alpha value is -2.81. The lowest BCUT2D eigenvalue weighted by atomic mass is 10.3. The largest absolute Gasteiger partial charge is 0.354 e. The molecule has 0 spiro atoms. The number of nitrogens with one attached hydrogen (secondary N) is 2. The molecule has 0 amide bonds. The molecule has 0 aromatic carbocycles. The van der Waals surface area contributed by atoms with E-state index >= 15 is 0 Å². The van der Waals surface area contributed by atoms with Gasteiger partial charge < -0.3 is 10.7 Å². The van der Waals surface area contributed by atoms with Crippen molar-refractivity contribution in [1.82, 2.24) is 15.0 Å². The molecule has 0 saturated heterocycles. The standard InChI is InChI=1S/C10H11N7O2/c1-6-3-2-4-12-8(6)15-9-7(17(18)19)10(16-11)14-5-13-9/h2-5H,11H2,1H3,(H2,12,13,14,15,16). The summed E-state index contributed by atoms with van der Waals surface area (Å²) in [5.74, 6) is 5.62. The summed E-state index contributed by atoms with van der Waals surface area (Å²) >= 11 is 0. The van der Waals surface area contributed by atoms with Crippen LogP contribution >= 0.6 is 0 Å². The van der Waals surface area contributed by atoms with Crippen molar-refractivity contribution in [3.8, 4) is 0 Å². The highest BCUT2D eigenvalue weighted by atomic mass is 16.6. The van der Waals surface area contributed by atoms with E-state index in [0.29, 0.717) is 5.82 Å². The second-order valence-electron chi connectivity index (χ2n) is 3.61. The Balaban J connectivity index is 2.46. The molecular weight excluding hydrogens is 250 g/mol. The van der Waals surface area contributed by atoms with E-state index in [4.69, 9.17) is 5.84 Å². The fraction of sp³-hybridized carbons (Fsp3) is 0.100. The number of aryl methyl sites for hydroxylation is 1. The van der Waals surface area contributed by atoms with Crippen LogP contribution in [0.25, 0.3) is 0 Å². The minimum absolute atomic E-state index is 0.0229. The maximum atomic E-state index is 11.0. The Labute approximate surface area is 108 Å². The lowest BCUT2D eigenvalue weighted by molar-refractivity contribution is -0.383. The first kappa shape index (κ1) is 12.6. The third-order valence-electron chi connectivity index (χ3n) is 2.39. The maximum Gasteiger partial charge on any atom is 0.354 e. The van der Waals surface area contributed by atoms with Crippen LogP contribution in [0.5, 0.6) is 0 Å². The van der Waals surface area contributed by atoms with Gasteiger partial charge in [-0.2, -0.15) is 0 Å². The van der Waals surface area contributed by atoms with Crippen molar-refractivity contribution in [2.75, 3.05) is 10.7 Å². The van der Waals surface area contributed by atoms with Crippen molar-refractivity contribution in [2.24, 2.45) is 5.84 Å². The average Bonchev–Trinajstić information content (AvgIpc) is 2.40. The van der Waals surface area contributed by atoms with Crippen LogP contribution in [0.1, 0.15) is 5.56 Å². The quantitative estimate of drug-likeness (QED) is 0.423. The molecule has 0 aliphatic carbocycles. The van der Waals surface area contributed by atoms with Crippen LogP contribution in [-0.2, 0) is 0 Å². The zero-order chi connectivity index (χ0) is 13.8. The van der Waals surface area contributed by atoms with Gasteiger partial charge in [-0.05, 0) is 18.6 Å². The van der Waals surface area contributed by atoms with Gasteiger partial charge in [0.05, 0.1) is 4.92 Å². The molecule has 0 aliphatic rings. The summed E-state index contributed by atoms with van der Waals surface area (Å²) in [4.78, 5) is 22.1. The molecule has 0 aliphatic heterocycles. The van der Waals surface area contributed by atoms with Crippen molar-refractivity contribution in [2.45, 2.75) is 6.92 Å². The number of anilines is 3. The van der Waals surface area contributed by atoms with Crippen molar-refractivity contribution >= 4 is 23.1 Å². The van der Waals surface area contributed by atoms with Crippen molar-refractivity contribution in [1.29, 1.82) is 0 Å². The van der Waals surface area contributed by atoms with E-state index in [9.17, 15) is 10.1 Å². The molecule has 2 rings (SSSR count). The first-order valence-electron chi connectivity index (χ1n) is 5.28. The molecule has 2 aromatic heterocycles. The summed E-state index contributed by atoms with van der Waals surface area (Å²) in [6.45, 7) is 1.82. The van der Waals surface area contributed by atoms with E-state index in [1.807, 2.05) is 13.0 Å². The number of nitrogens with zero attached hydrogens (tertiary/aromatic N) is 4. The number of pyridine rings is 1. The zero-order valence-corrected chi connectivity index (χ0v) is 9.99. The maximum absolute atomic E-state index is 11.0. The summed E-state index contributed by atoms with van der Waals surface area (Å²) in [6.07, 6.45) is 2.74. The predicted octanol–water partition coefficient (Wildman–Crippen LogP) is 1.12. The minimum Gasteiger partial charge on any atom is -0.319 e. The van der Waals surface area contributed by atoms with E-state index < -0.39 is 4.92 Å². The molecule has 9 nitrogen and oxygen atoms in total. The molecule has 19 heavy (non-hydrogen) atoms. The molecule has 98 valence electrons. The molecule has 0 saturated carbocycles. The summed E-state index contributed by atoms with van der Waals surface area (Å²) in [5.41, 5.74) is 2.66. The predicted molar refractivity (Wildman–Crippen MR) is 68.8 cm³/mol. The molecule has 4 N–H and O–H groups in total. The molecule has 0 fully saturated rings. The number of hydrogen-bond donors (Lipinski definition) is 3. The van der Waals surface area contributed by atoms with E-state index in [0.717, 1.165) is 5.56 Å². The highest BCUT2D eigenvalue weighted by molar-refractivity contribution is 5.73. The first-order valence-corrected chi connectivity index (χ1v) is 5.28. The number of nitrogen functional groups attached to an aromatic ring is 1. The lowest BCUT2D eigenvalue weighted by Gasteiger charge is -2.08. The van der Waals surface area contributed by atoms with Crippen LogP contribution in [0.3, 0.4) is 0 Å². The molecule has 2 heterocycles. The van der Waals surface area contributed by atoms with Gasteiger partial charge >= 0.3 is 5.69 Å². The van der Waals surface area contributed by atoms with Gasteiger partial charge in [-0.25, -0.2) is 20.8 Å². The van der Waals surface area contributed by atoms with Gasteiger partial charge in [-0.1, -0.05) is 6.07 Å². The van der Waals surface area contributed by atoms with E-state index in [1.54, 1.807) is 12.3 Å². The lowest BCUT2D eigenvalue weighted by Crippen LogP contribution is -2.13. The van der Waals surface area contributed by atoms with Crippen molar-refractivity contribution in [3.63, 3.8) is 0 Å². The van der Waals surface area contributed by atoms with E-state index in [1.165, 1.54) is 6.33 Å². The van der Waals surface area contributed by atoms with Gasteiger partial charge in [0.25, 0.3) is 0 Å². The third-order valence-corrected chi connectivity index (χ3v) is 2.39. The van der Waals surface area contributed by atoms with Gasteiger partial charge in [-0.3, -0.25) is 10.1 Å². The molecule has 2 aromatic rings. The number of aromatic nitrogens is 3. The molecular formula is C10H11N7O2. The highest BCUT2D eigenvalue weighted by Gasteiger charge is 2.23. The number of rotatable bonds is 4. The minimum atomic E-state index is -0.615. The fourth-order valence-electron chi connectivity index (χ4n) is 1.48. The van der Waals surface area contributed by atoms with Gasteiger partial charge in [0.1, 0.15) is 12.1 Å². The Morgan fingerprint density at radius 3 is 2.63 bits per heavy atom. The van der Waals surface area contributed by atoms with Gasteiger partial charge in [-0.15, -0.1) is 0 Å². The summed E-state index contributed by atoms with van der Waals surface area (Å²) in [6, 6.07) is 3.59. The monoisotopic (exact) mass is 261 g/mol. The first-order chi connectivity index (χ1) is 9.13. The van der Waals surface area contributed by atoms with Gasteiger partial charge in [0.2, 0.25) is 11.6 Å². The van der Waals surface area contributed by atoms with Crippen LogP contribution in [0.15, 0.2) is 24.7 Å². The second kappa shape index (κ2) is 5.23. The van der Waals surface area contributed by atoms with Crippen molar-refractivity contribution in [3.05, 3.63) is 40.3 Å². The zero-order valence-electron chi connectivity index (χ0n) is 9.99. The summed E-state index contributed by atoms with van der Waals surface area (Å²) < 4.78 is 0. The van der Waals surface area contributed by atoms with Crippen LogP contribution in [-0.4, -0.2) is 19.9 Å². The summed E-state index contributed by atoms with van der Waals surface area (Å²) in [7, 11) is 0. The Morgan fingerprint density at radius 1 is 1.26 bits per heavy atom. The molecule has 0 atom stereocenters. The number of hydrazine groups is 1. The highest BCUT2D eigenvalue weighted by Crippen LogP contribution is 2.30. The molecule has 0 unspecified atom stereocenters. The molecule has 0 radical (unpaired) electrons. The molecule has 9 heteroatoms. The number of nitrogens with two attached hydrogens (primary N) is 1. The average molecular weight is 261 g/mol. The van der Waals surface area contributed by atoms with Crippen LogP contribution in [0.4, 0.5) is 23.1 Å². The Bertz CT molecular complexity index is 617. The van der Waals surface area contributed by atoms with Crippen LogP contribution < -0.4 is 16.6 Å². The summed E-state index contributed by atoms with van der Waals surface area (Å²) in [5, 5.41) is 13.8. The Kier molecular flexibility index (Phi) is 3.48.